The van der Waals surface area contributed by atoms with E-state index in [0.29, 0.717) is 24.4 Å². The number of carbonyl (C=O) groups is 1. The van der Waals surface area contributed by atoms with E-state index in [1.165, 1.54) is 12.3 Å². The molecule has 1 aromatic rings. The van der Waals surface area contributed by atoms with Crippen LogP contribution in [0.2, 0.25) is 5.02 Å². The molecule has 0 aliphatic rings. The highest BCUT2D eigenvalue weighted by molar-refractivity contribution is 6.33. The molecular formula is C14H22ClN3O2. The van der Waals surface area contributed by atoms with Gasteiger partial charge in [-0.25, -0.2) is 9.78 Å². The minimum Gasteiger partial charge on any atom is -0.478 e. The van der Waals surface area contributed by atoms with Gasteiger partial charge >= 0.3 is 5.97 Å². The van der Waals surface area contributed by atoms with Crippen molar-refractivity contribution in [3.63, 3.8) is 0 Å². The molecule has 0 saturated heterocycles. The first-order valence-corrected chi connectivity index (χ1v) is 7.09. The number of aromatic carboxylic acids is 1. The molecule has 1 rings (SSSR count). The van der Waals surface area contributed by atoms with Gasteiger partial charge in [-0.05, 0) is 33.8 Å². The Bertz CT molecular complexity index is 456. The Balaban J connectivity index is 2.62. The number of rotatable bonds is 7. The Hall–Kier alpha value is -1.33. The third-order valence-corrected chi connectivity index (χ3v) is 3.39. The molecule has 2 N–H and O–H groups in total. The maximum atomic E-state index is 11.0. The average molecular weight is 300 g/mol. The third kappa shape index (κ3) is 4.65. The summed E-state index contributed by atoms with van der Waals surface area (Å²) >= 11 is 5.78. The van der Waals surface area contributed by atoms with Gasteiger partial charge in [-0.15, -0.1) is 0 Å². The van der Waals surface area contributed by atoms with Crippen LogP contribution in [0.1, 0.15) is 38.1 Å². The van der Waals surface area contributed by atoms with Gasteiger partial charge in [-0.2, -0.15) is 0 Å². The summed E-state index contributed by atoms with van der Waals surface area (Å²) in [5.41, 5.74) is 0.0636. The lowest BCUT2D eigenvalue weighted by molar-refractivity contribution is 0.0697. The zero-order chi connectivity index (χ0) is 15.3. The van der Waals surface area contributed by atoms with E-state index in [1.54, 1.807) is 0 Å². The van der Waals surface area contributed by atoms with Gasteiger partial charge in [0.1, 0.15) is 5.82 Å². The molecule has 6 heteroatoms. The van der Waals surface area contributed by atoms with Crippen LogP contribution in [0.3, 0.4) is 0 Å². The van der Waals surface area contributed by atoms with Gasteiger partial charge in [0, 0.05) is 31.4 Å². The van der Waals surface area contributed by atoms with Crippen LogP contribution in [0.25, 0.3) is 0 Å². The van der Waals surface area contributed by atoms with Crippen LogP contribution in [-0.4, -0.2) is 46.1 Å². The van der Waals surface area contributed by atoms with Crippen molar-refractivity contribution in [2.75, 3.05) is 18.4 Å². The molecule has 0 spiro atoms. The number of halogens is 1. The Morgan fingerprint density at radius 1 is 1.40 bits per heavy atom. The standard InChI is InChI=1S/C14H22ClN3O2/c1-9(2)18(10(3)4)6-5-16-13-7-11(14(19)20)12(15)8-17-13/h7-10H,5-6H2,1-4H3,(H,16,17)(H,19,20). The molecule has 0 saturated carbocycles. The number of hydrogen-bond acceptors (Lipinski definition) is 4. The Kier molecular flexibility index (Phi) is 6.23. The maximum Gasteiger partial charge on any atom is 0.337 e. The minimum absolute atomic E-state index is 0.0636. The second-order valence-electron chi connectivity index (χ2n) is 5.21. The first-order chi connectivity index (χ1) is 9.32. The molecule has 0 amide bonds. The highest BCUT2D eigenvalue weighted by Crippen LogP contribution is 2.17. The number of nitrogens with zero attached hydrogens (tertiary/aromatic N) is 2. The van der Waals surface area contributed by atoms with Crippen LogP contribution in [0, 0.1) is 0 Å². The number of anilines is 1. The Morgan fingerprint density at radius 3 is 2.50 bits per heavy atom. The number of hydrogen-bond donors (Lipinski definition) is 2. The molecule has 0 aliphatic carbocycles. The zero-order valence-electron chi connectivity index (χ0n) is 12.4. The van der Waals surface area contributed by atoms with Crippen LogP contribution in [0.15, 0.2) is 12.3 Å². The van der Waals surface area contributed by atoms with Crippen LogP contribution in [0.4, 0.5) is 5.82 Å². The van der Waals surface area contributed by atoms with Crippen LogP contribution in [-0.2, 0) is 0 Å². The van der Waals surface area contributed by atoms with E-state index in [0.717, 1.165) is 6.54 Å². The lowest BCUT2D eigenvalue weighted by atomic mass is 10.2. The predicted molar refractivity (Wildman–Crippen MR) is 81.7 cm³/mol. The molecule has 0 radical (unpaired) electrons. The predicted octanol–water partition coefficient (Wildman–Crippen LogP) is 2.96. The SMILES string of the molecule is CC(C)N(CCNc1cc(C(=O)O)c(Cl)cn1)C(C)C. The van der Waals surface area contributed by atoms with Gasteiger partial charge in [-0.3, -0.25) is 4.90 Å². The van der Waals surface area contributed by atoms with Crippen molar-refractivity contribution in [1.82, 2.24) is 9.88 Å². The number of pyridine rings is 1. The van der Waals surface area contributed by atoms with Gasteiger partial charge in [0.25, 0.3) is 0 Å². The lowest BCUT2D eigenvalue weighted by Crippen LogP contribution is -2.40. The molecule has 0 aromatic carbocycles. The van der Waals surface area contributed by atoms with E-state index in [4.69, 9.17) is 16.7 Å². The van der Waals surface area contributed by atoms with Gasteiger partial charge in [-0.1, -0.05) is 11.6 Å². The van der Waals surface area contributed by atoms with Crippen molar-refractivity contribution < 1.29 is 9.90 Å². The topological polar surface area (TPSA) is 65.5 Å². The van der Waals surface area contributed by atoms with Gasteiger partial charge in [0.2, 0.25) is 0 Å². The molecule has 0 fully saturated rings. The third-order valence-electron chi connectivity index (χ3n) is 3.09. The quantitative estimate of drug-likeness (QED) is 0.810. The second kappa shape index (κ2) is 7.45. The fourth-order valence-corrected chi connectivity index (χ4v) is 2.31. The van der Waals surface area contributed by atoms with Crippen LogP contribution in [0.5, 0.6) is 0 Å². The van der Waals surface area contributed by atoms with E-state index < -0.39 is 5.97 Å². The fourth-order valence-electron chi connectivity index (χ4n) is 2.13. The molecule has 20 heavy (non-hydrogen) atoms. The number of aromatic nitrogens is 1. The largest absolute Gasteiger partial charge is 0.478 e. The summed E-state index contributed by atoms with van der Waals surface area (Å²) < 4.78 is 0. The van der Waals surface area contributed by atoms with Crippen LogP contribution < -0.4 is 5.32 Å². The van der Waals surface area contributed by atoms with Crippen molar-refractivity contribution >= 4 is 23.4 Å². The zero-order valence-corrected chi connectivity index (χ0v) is 13.1. The summed E-state index contributed by atoms with van der Waals surface area (Å²) in [5.74, 6) is -0.523. The molecule has 0 atom stereocenters. The normalized spacial score (nSPS) is 11.4. The summed E-state index contributed by atoms with van der Waals surface area (Å²) in [6, 6.07) is 2.38. The number of carboxylic acids is 1. The highest BCUT2D eigenvalue weighted by Gasteiger charge is 2.13. The smallest absolute Gasteiger partial charge is 0.337 e. The van der Waals surface area contributed by atoms with Gasteiger partial charge in [0.15, 0.2) is 0 Å². The Morgan fingerprint density at radius 2 is 2.00 bits per heavy atom. The van der Waals surface area contributed by atoms with Crippen molar-refractivity contribution in [3.8, 4) is 0 Å². The number of nitrogens with one attached hydrogen (secondary N) is 1. The van der Waals surface area contributed by atoms with E-state index in [9.17, 15) is 4.79 Å². The maximum absolute atomic E-state index is 11.0. The van der Waals surface area contributed by atoms with Gasteiger partial charge in [0.05, 0.1) is 10.6 Å². The molecule has 0 aliphatic heterocycles. The van der Waals surface area contributed by atoms with Crippen molar-refractivity contribution in [1.29, 1.82) is 0 Å². The van der Waals surface area contributed by atoms with E-state index in [-0.39, 0.29) is 10.6 Å². The first kappa shape index (κ1) is 16.7. The molecule has 1 aromatic heterocycles. The summed E-state index contributed by atoms with van der Waals surface area (Å²) in [6.45, 7) is 10.2. The first-order valence-electron chi connectivity index (χ1n) is 6.71. The molecule has 1 heterocycles. The number of carboxylic acid groups (broad SMARTS) is 1. The average Bonchev–Trinajstić information content (AvgIpc) is 2.35. The van der Waals surface area contributed by atoms with Gasteiger partial charge < -0.3 is 10.4 Å². The van der Waals surface area contributed by atoms with Crippen molar-refractivity contribution in [3.05, 3.63) is 22.8 Å². The summed E-state index contributed by atoms with van der Waals surface area (Å²) in [7, 11) is 0. The molecule has 112 valence electrons. The minimum atomic E-state index is -1.05. The van der Waals surface area contributed by atoms with Crippen molar-refractivity contribution in [2.45, 2.75) is 39.8 Å². The Labute approximate surface area is 125 Å². The summed E-state index contributed by atoms with van der Waals surface area (Å²) in [5, 5.41) is 12.3. The van der Waals surface area contributed by atoms with Crippen LogP contribution >= 0.6 is 11.6 Å². The van der Waals surface area contributed by atoms with E-state index in [2.05, 4.69) is 42.9 Å². The monoisotopic (exact) mass is 299 g/mol. The summed E-state index contributed by atoms with van der Waals surface area (Å²) in [6.07, 6.45) is 1.36. The molecule has 0 unspecified atom stereocenters. The lowest BCUT2D eigenvalue weighted by Gasteiger charge is -2.30. The highest BCUT2D eigenvalue weighted by atomic mass is 35.5. The van der Waals surface area contributed by atoms with E-state index in [1.807, 2.05) is 0 Å². The molecule has 0 bridgehead atoms. The van der Waals surface area contributed by atoms with Crippen molar-refractivity contribution in [2.24, 2.45) is 0 Å². The molecular weight excluding hydrogens is 278 g/mol. The molecule has 5 nitrogen and oxygen atoms in total. The van der Waals surface area contributed by atoms with E-state index >= 15 is 0 Å². The fraction of sp³-hybridized carbons (Fsp3) is 0.571. The summed E-state index contributed by atoms with van der Waals surface area (Å²) in [4.78, 5) is 17.4. The second-order valence-corrected chi connectivity index (χ2v) is 5.61.